The Morgan fingerprint density at radius 1 is 1.12 bits per heavy atom. The van der Waals surface area contributed by atoms with Gasteiger partial charge in [-0.05, 0) is 55.5 Å². The van der Waals surface area contributed by atoms with E-state index >= 15 is 0 Å². The van der Waals surface area contributed by atoms with Crippen LogP contribution >= 0.6 is 0 Å². The van der Waals surface area contributed by atoms with Crippen LogP contribution in [0, 0.1) is 0 Å². The maximum Gasteiger partial charge on any atom is 0.295 e. The summed E-state index contributed by atoms with van der Waals surface area (Å²) in [6.07, 6.45) is 5.23. The number of H-pyrrole nitrogens is 1. The van der Waals surface area contributed by atoms with Crippen molar-refractivity contribution in [3.63, 3.8) is 0 Å². The second-order valence-corrected chi connectivity index (χ2v) is 9.15. The van der Waals surface area contributed by atoms with Gasteiger partial charge in [0, 0.05) is 41.4 Å². The molecule has 0 saturated carbocycles. The summed E-state index contributed by atoms with van der Waals surface area (Å²) in [6.45, 7) is 1.64. The van der Waals surface area contributed by atoms with Gasteiger partial charge in [0.05, 0.1) is 24.3 Å². The minimum atomic E-state index is -0.701. The summed E-state index contributed by atoms with van der Waals surface area (Å²) in [4.78, 5) is 31.4. The lowest BCUT2D eigenvalue weighted by Gasteiger charge is -2.27. The normalized spacial score (nSPS) is 23.9. The Kier molecular flexibility index (Phi) is 5.14. The van der Waals surface area contributed by atoms with Crippen LogP contribution in [-0.4, -0.2) is 52.5 Å². The molecule has 6 rings (SSSR count). The maximum atomic E-state index is 13.3. The van der Waals surface area contributed by atoms with Gasteiger partial charge in [-0.25, -0.2) is 0 Å². The number of aromatic amines is 1. The number of nitrogens with zero attached hydrogens (tertiary/aromatic N) is 1. The van der Waals surface area contributed by atoms with Crippen molar-refractivity contribution in [2.45, 2.75) is 37.8 Å². The number of aryl methyl sites for hydroxylation is 1. The molecule has 7 nitrogen and oxygen atoms in total. The molecular weight excluding hydrogens is 432 g/mol. The molecule has 3 aliphatic rings. The van der Waals surface area contributed by atoms with Gasteiger partial charge in [-0.2, -0.15) is 0 Å². The number of aliphatic hydroxyl groups is 1. The summed E-state index contributed by atoms with van der Waals surface area (Å²) >= 11 is 0. The number of likely N-dealkylation sites (tertiary alicyclic amines) is 1. The average molecular weight is 459 g/mol. The lowest BCUT2D eigenvalue weighted by molar-refractivity contribution is -0.140. The minimum Gasteiger partial charge on any atom is -0.507 e. The number of aliphatic hydroxyl groups excluding tert-OH is 1. The Bertz CT molecular complexity index is 1320. The van der Waals surface area contributed by atoms with E-state index in [2.05, 4.69) is 4.98 Å². The van der Waals surface area contributed by atoms with Gasteiger partial charge in [0.15, 0.2) is 0 Å². The number of fused-ring (bicyclic) bond motifs is 2. The Labute approximate surface area is 197 Å². The number of Topliss-reactive ketones (excluding diaryl/α,β-unsaturated/α-hetero) is 1. The summed E-state index contributed by atoms with van der Waals surface area (Å²) in [6, 6.07) is 12.5. The molecule has 3 aromatic rings. The van der Waals surface area contributed by atoms with Crippen LogP contribution in [0.3, 0.4) is 0 Å². The number of nitrogens with one attached hydrogen (secondary N) is 1. The van der Waals surface area contributed by atoms with Gasteiger partial charge in [0.2, 0.25) is 0 Å². The van der Waals surface area contributed by atoms with Crippen LogP contribution in [-0.2, 0) is 20.7 Å². The van der Waals surface area contributed by atoms with Crippen molar-refractivity contribution < 1.29 is 24.2 Å². The number of rotatable bonds is 4. The second-order valence-electron chi connectivity index (χ2n) is 9.15. The number of benzene rings is 2. The molecule has 7 heteroatoms. The van der Waals surface area contributed by atoms with E-state index in [0.717, 1.165) is 53.5 Å². The lowest BCUT2D eigenvalue weighted by Crippen LogP contribution is -2.36. The SMILES string of the molecule is O=C1C(=O)N(CC2CCCO2)C(c2c[nH]c3ccccc23)/C1=C(\O)c1ccc2c(c1)CCCO2. The van der Waals surface area contributed by atoms with E-state index in [1.807, 2.05) is 42.6 Å². The maximum absolute atomic E-state index is 13.3. The molecule has 0 spiro atoms. The Morgan fingerprint density at radius 3 is 2.85 bits per heavy atom. The van der Waals surface area contributed by atoms with Crippen molar-refractivity contribution in [2.75, 3.05) is 19.8 Å². The molecule has 0 aliphatic carbocycles. The molecule has 1 aromatic heterocycles. The smallest absolute Gasteiger partial charge is 0.295 e. The molecular formula is C27H26N2O5. The summed E-state index contributed by atoms with van der Waals surface area (Å²) in [5.74, 6) is -0.625. The molecule has 0 radical (unpaired) electrons. The number of ether oxygens (including phenoxy) is 2. The lowest BCUT2D eigenvalue weighted by atomic mass is 9.93. The molecule has 0 bridgehead atoms. The van der Waals surface area contributed by atoms with Crippen molar-refractivity contribution in [3.05, 3.63) is 70.9 Å². The molecule has 174 valence electrons. The molecule has 4 heterocycles. The van der Waals surface area contributed by atoms with Gasteiger partial charge in [0.1, 0.15) is 11.5 Å². The zero-order chi connectivity index (χ0) is 23.2. The molecule has 2 aromatic carbocycles. The Morgan fingerprint density at radius 2 is 2.00 bits per heavy atom. The van der Waals surface area contributed by atoms with E-state index in [1.54, 1.807) is 11.0 Å². The highest BCUT2D eigenvalue weighted by Gasteiger charge is 2.47. The van der Waals surface area contributed by atoms with Crippen LogP contribution in [0.15, 0.2) is 54.2 Å². The molecule has 3 aliphatic heterocycles. The summed E-state index contributed by atoms with van der Waals surface area (Å²) < 4.78 is 11.5. The third kappa shape index (κ3) is 3.39. The monoisotopic (exact) mass is 458 g/mol. The fraction of sp³-hybridized carbons (Fsp3) is 0.333. The van der Waals surface area contributed by atoms with E-state index < -0.39 is 17.7 Å². The van der Waals surface area contributed by atoms with Gasteiger partial charge in [-0.15, -0.1) is 0 Å². The van der Waals surface area contributed by atoms with Gasteiger partial charge in [0.25, 0.3) is 11.7 Å². The summed E-state index contributed by atoms with van der Waals surface area (Å²) in [7, 11) is 0. The first kappa shape index (κ1) is 21.0. The van der Waals surface area contributed by atoms with E-state index in [0.29, 0.717) is 25.3 Å². The number of ketones is 1. The largest absolute Gasteiger partial charge is 0.507 e. The first-order valence-electron chi connectivity index (χ1n) is 11.8. The molecule has 2 saturated heterocycles. The fourth-order valence-electron chi connectivity index (χ4n) is 5.38. The highest BCUT2D eigenvalue weighted by Crippen LogP contribution is 2.43. The molecule has 2 unspecified atom stereocenters. The summed E-state index contributed by atoms with van der Waals surface area (Å²) in [5, 5.41) is 12.3. The number of hydrogen-bond acceptors (Lipinski definition) is 5. The number of aromatic nitrogens is 1. The van der Waals surface area contributed by atoms with E-state index in [9.17, 15) is 14.7 Å². The minimum absolute atomic E-state index is 0.115. The van der Waals surface area contributed by atoms with Gasteiger partial charge < -0.3 is 24.5 Å². The molecule has 2 fully saturated rings. The molecule has 2 atom stereocenters. The quantitative estimate of drug-likeness (QED) is 0.349. The highest BCUT2D eigenvalue weighted by atomic mass is 16.5. The number of hydrogen-bond donors (Lipinski definition) is 2. The number of amides is 1. The second kappa shape index (κ2) is 8.33. The van der Waals surface area contributed by atoms with Crippen LogP contribution < -0.4 is 4.74 Å². The first-order chi connectivity index (χ1) is 16.6. The molecule has 1 amide bonds. The van der Waals surface area contributed by atoms with Gasteiger partial charge in [-0.1, -0.05) is 18.2 Å². The van der Waals surface area contributed by atoms with Crippen LogP contribution in [0.4, 0.5) is 0 Å². The zero-order valence-electron chi connectivity index (χ0n) is 18.8. The predicted molar refractivity (Wildman–Crippen MR) is 127 cm³/mol. The third-order valence-electron chi connectivity index (χ3n) is 7.06. The topological polar surface area (TPSA) is 91.9 Å². The van der Waals surface area contributed by atoms with Crippen molar-refractivity contribution in [2.24, 2.45) is 0 Å². The predicted octanol–water partition coefficient (Wildman–Crippen LogP) is 4.09. The van der Waals surface area contributed by atoms with E-state index in [-0.39, 0.29) is 17.4 Å². The standard InChI is InChI=1S/C27H26N2O5/c30-25(17-9-10-22-16(13-17)5-3-12-34-22)23-24(20-14-28-21-8-2-1-7-19(20)21)29(27(32)26(23)31)15-18-6-4-11-33-18/h1-2,7-10,13-14,18,24,28,30H,3-6,11-12,15H2/b25-23+. The van der Waals surface area contributed by atoms with Gasteiger partial charge in [-0.3, -0.25) is 9.59 Å². The van der Waals surface area contributed by atoms with Gasteiger partial charge >= 0.3 is 0 Å². The number of carbonyl (C=O) groups excluding carboxylic acids is 2. The Hall–Kier alpha value is -3.58. The van der Waals surface area contributed by atoms with Crippen LogP contribution in [0.25, 0.3) is 16.7 Å². The zero-order valence-corrected chi connectivity index (χ0v) is 18.8. The third-order valence-corrected chi connectivity index (χ3v) is 7.06. The van der Waals surface area contributed by atoms with Crippen molar-refractivity contribution in [3.8, 4) is 5.75 Å². The van der Waals surface area contributed by atoms with Crippen molar-refractivity contribution in [1.82, 2.24) is 9.88 Å². The van der Waals surface area contributed by atoms with Crippen LogP contribution in [0.2, 0.25) is 0 Å². The van der Waals surface area contributed by atoms with Crippen LogP contribution in [0.5, 0.6) is 5.75 Å². The van der Waals surface area contributed by atoms with E-state index in [4.69, 9.17) is 9.47 Å². The molecule has 34 heavy (non-hydrogen) atoms. The van der Waals surface area contributed by atoms with Crippen LogP contribution in [0.1, 0.15) is 42.0 Å². The highest BCUT2D eigenvalue weighted by molar-refractivity contribution is 6.46. The van der Waals surface area contributed by atoms with Crippen molar-refractivity contribution >= 4 is 28.4 Å². The fourth-order valence-corrected chi connectivity index (χ4v) is 5.38. The Balaban J connectivity index is 1.50. The first-order valence-corrected chi connectivity index (χ1v) is 11.8. The summed E-state index contributed by atoms with van der Waals surface area (Å²) in [5.41, 5.74) is 3.32. The number of carbonyl (C=O) groups is 2. The molecule has 2 N–H and O–H groups in total. The number of para-hydroxylation sites is 1. The van der Waals surface area contributed by atoms with Crippen molar-refractivity contribution in [1.29, 1.82) is 0 Å². The average Bonchev–Trinajstić information content (AvgIpc) is 3.59. The van der Waals surface area contributed by atoms with E-state index in [1.165, 1.54) is 0 Å².